The second-order valence-electron chi connectivity index (χ2n) is 6.03. The molecular weight excluding hydrogens is 341 g/mol. The van der Waals surface area contributed by atoms with Crippen LogP contribution in [0.4, 0.5) is 10.1 Å². The molecule has 0 saturated heterocycles. The van der Waals surface area contributed by atoms with E-state index in [2.05, 4.69) is 10.3 Å². The van der Waals surface area contributed by atoms with Crippen molar-refractivity contribution in [3.63, 3.8) is 0 Å². The molecule has 3 rings (SSSR count). The number of non-ortho nitro benzene ring substituents is 1. The van der Waals surface area contributed by atoms with E-state index in [1.165, 1.54) is 6.07 Å². The van der Waals surface area contributed by atoms with Crippen LogP contribution in [0.5, 0.6) is 0 Å². The Bertz CT molecular complexity index is 885. The van der Waals surface area contributed by atoms with Gasteiger partial charge in [0.25, 0.3) is 17.6 Å². The van der Waals surface area contributed by atoms with E-state index in [0.29, 0.717) is 12.0 Å². The van der Waals surface area contributed by atoms with Crippen molar-refractivity contribution in [1.29, 1.82) is 0 Å². The number of ether oxygens (including phenoxy) is 1. The number of aliphatic imine (C=N–C) groups is 1. The van der Waals surface area contributed by atoms with Crippen LogP contribution in [0.2, 0.25) is 0 Å². The van der Waals surface area contributed by atoms with E-state index in [0.717, 1.165) is 12.1 Å². The molecule has 1 amide bonds. The molecule has 1 N–H and O–H groups in total. The van der Waals surface area contributed by atoms with Crippen LogP contribution in [0.3, 0.4) is 0 Å². The quantitative estimate of drug-likeness (QED) is 0.674. The van der Waals surface area contributed by atoms with Crippen molar-refractivity contribution in [2.75, 3.05) is 6.61 Å². The van der Waals surface area contributed by atoms with Crippen molar-refractivity contribution >= 4 is 17.6 Å². The average molecular weight is 357 g/mol. The van der Waals surface area contributed by atoms with Gasteiger partial charge < -0.3 is 4.74 Å². The molecular formula is C18H16FN3O4. The molecule has 1 aliphatic heterocycles. The molecule has 8 heteroatoms. The van der Waals surface area contributed by atoms with E-state index < -0.39 is 22.2 Å². The minimum Gasteiger partial charge on any atom is -0.465 e. The van der Waals surface area contributed by atoms with Crippen LogP contribution < -0.4 is 5.32 Å². The number of halogens is 1. The summed E-state index contributed by atoms with van der Waals surface area (Å²) in [5.74, 6) is -1.01. The van der Waals surface area contributed by atoms with E-state index in [-0.39, 0.29) is 23.9 Å². The largest absolute Gasteiger partial charge is 0.465 e. The maximum Gasteiger partial charge on any atom is 0.292 e. The summed E-state index contributed by atoms with van der Waals surface area (Å²) < 4.78 is 19.7. The van der Waals surface area contributed by atoms with Crippen molar-refractivity contribution in [3.8, 4) is 0 Å². The van der Waals surface area contributed by atoms with Crippen molar-refractivity contribution < 1.29 is 18.8 Å². The number of rotatable bonds is 3. The molecule has 0 spiro atoms. The van der Waals surface area contributed by atoms with Gasteiger partial charge >= 0.3 is 0 Å². The molecule has 0 radical (unpaired) electrons. The lowest BCUT2D eigenvalue weighted by Crippen LogP contribution is -2.40. The van der Waals surface area contributed by atoms with Crippen LogP contribution in [0, 0.1) is 15.9 Å². The molecule has 134 valence electrons. The maximum atomic E-state index is 14.3. The van der Waals surface area contributed by atoms with Crippen LogP contribution in [-0.4, -0.2) is 23.5 Å². The third-order valence-electron chi connectivity index (χ3n) is 4.17. The number of amidine groups is 1. The zero-order valence-electron chi connectivity index (χ0n) is 13.9. The fourth-order valence-corrected chi connectivity index (χ4v) is 2.72. The van der Waals surface area contributed by atoms with Gasteiger partial charge in [0, 0.05) is 29.7 Å². The Labute approximate surface area is 148 Å². The molecule has 1 aliphatic rings. The Morgan fingerprint density at radius 1 is 1.31 bits per heavy atom. The summed E-state index contributed by atoms with van der Waals surface area (Å²) in [6.07, 6.45) is 0.315. The minimum atomic E-state index is -1.09. The molecule has 0 saturated carbocycles. The monoisotopic (exact) mass is 357 g/mol. The highest BCUT2D eigenvalue weighted by Gasteiger charge is 2.35. The first kappa shape index (κ1) is 17.5. The van der Waals surface area contributed by atoms with Crippen molar-refractivity contribution in [2.45, 2.75) is 18.9 Å². The number of benzene rings is 2. The van der Waals surface area contributed by atoms with Gasteiger partial charge in [-0.3, -0.25) is 20.2 Å². The van der Waals surface area contributed by atoms with Crippen molar-refractivity contribution in [2.24, 2.45) is 4.99 Å². The molecule has 1 atom stereocenters. The summed E-state index contributed by atoms with van der Waals surface area (Å²) >= 11 is 0. The van der Waals surface area contributed by atoms with E-state index in [1.54, 1.807) is 37.3 Å². The zero-order valence-corrected chi connectivity index (χ0v) is 13.9. The summed E-state index contributed by atoms with van der Waals surface area (Å²) in [7, 11) is 0. The highest BCUT2D eigenvalue weighted by atomic mass is 19.1. The van der Waals surface area contributed by atoms with Crippen LogP contribution in [0.1, 0.15) is 29.3 Å². The van der Waals surface area contributed by atoms with Gasteiger partial charge in [-0.2, -0.15) is 0 Å². The SMILES string of the molecule is CC1(c2cc([N+](=O)[O-])ccc2F)CCOC(NC(=O)c2ccccc2)=N1. The van der Waals surface area contributed by atoms with Gasteiger partial charge in [-0.25, -0.2) is 9.38 Å². The van der Waals surface area contributed by atoms with Gasteiger partial charge in [0.05, 0.1) is 17.1 Å². The Morgan fingerprint density at radius 3 is 2.73 bits per heavy atom. The summed E-state index contributed by atoms with van der Waals surface area (Å²) in [5, 5.41) is 13.5. The second-order valence-corrected chi connectivity index (χ2v) is 6.03. The molecule has 0 bridgehead atoms. The molecule has 2 aromatic rings. The fraction of sp³-hybridized carbons (Fsp3) is 0.222. The topological polar surface area (TPSA) is 93.8 Å². The lowest BCUT2D eigenvalue weighted by Gasteiger charge is -2.31. The van der Waals surface area contributed by atoms with Gasteiger partial charge in [-0.15, -0.1) is 0 Å². The number of nitrogens with zero attached hydrogens (tertiary/aromatic N) is 2. The molecule has 7 nitrogen and oxygen atoms in total. The number of carbonyl (C=O) groups excluding carboxylic acids is 1. The molecule has 1 unspecified atom stereocenters. The van der Waals surface area contributed by atoms with E-state index in [9.17, 15) is 19.3 Å². The Kier molecular flexibility index (Phi) is 4.66. The van der Waals surface area contributed by atoms with Gasteiger partial charge in [0.2, 0.25) is 0 Å². The molecule has 26 heavy (non-hydrogen) atoms. The highest BCUT2D eigenvalue weighted by Crippen LogP contribution is 2.35. The maximum absolute atomic E-state index is 14.3. The van der Waals surface area contributed by atoms with Crippen LogP contribution in [0.15, 0.2) is 53.5 Å². The van der Waals surface area contributed by atoms with E-state index in [4.69, 9.17) is 4.74 Å². The van der Waals surface area contributed by atoms with E-state index in [1.807, 2.05) is 0 Å². The first-order valence-corrected chi connectivity index (χ1v) is 7.92. The number of nitrogens with one attached hydrogen (secondary N) is 1. The summed E-state index contributed by atoms with van der Waals surface area (Å²) in [5.41, 5.74) is -0.804. The number of hydrogen-bond acceptors (Lipinski definition) is 5. The van der Waals surface area contributed by atoms with Crippen molar-refractivity contribution in [3.05, 3.63) is 75.6 Å². The van der Waals surface area contributed by atoms with Gasteiger partial charge in [0.15, 0.2) is 0 Å². The predicted octanol–water partition coefficient (Wildman–Crippen LogP) is 3.16. The summed E-state index contributed by atoms with van der Waals surface area (Å²) in [6, 6.07) is 11.8. The van der Waals surface area contributed by atoms with E-state index >= 15 is 0 Å². The minimum absolute atomic E-state index is 0.0430. The standard InChI is InChI=1S/C18H16FN3O4/c1-18(14-11-13(22(24)25)7-8-15(14)19)9-10-26-17(21-18)20-16(23)12-5-3-2-4-6-12/h2-8,11H,9-10H2,1H3,(H,20,21,23). The van der Waals surface area contributed by atoms with Gasteiger partial charge in [-0.1, -0.05) is 18.2 Å². The Hall–Kier alpha value is -3.29. The first-order chi connectivity index (χ1) is 12.4. The molecule has 0 aliphatic carbocycles. The molecule has 0 aromatic heterocycles. The molecule has 2 aromatic carbocycles. The molecule has 1 heterocycles. The predicted molar refractivity (Wildman–Crippen MR) is 92.3 cm³/mol. The number of hydrogen-bond donors (Lipinski definition) is 1. The number of nitro benzene ring substituents is 1. The van der Waals surface area contributed by atoms with Crippen molar-refractivity contribution in [1.82, 2.24) is 5.32 Å². The highest BCUT2D eigenvalue weighted by molar-refractivity contribution is 6.04. The van der Waals surface area contributed by atoms with Gasteiger partial charge in [0.1, 0.15) is 5.82 Å². The average Bonchev–Trinajstić information content (AvgIpc) is 2.62. The molecule has 0 fully saturated rings. The summed E-state index contributed by atoms with van der Waals surface area (Å²) in [4.78, 5) is 26.9. The lowest BCUT2D eigenvalue weighted by atomic mass is 9.88. The van der Waals surface area contributed by atoms with Crippen LogP contribution in [-0.2, 0) is 10.3 Å². The first-order valence-electron chi connectivity index (χ1n) is 7.92. The third kappa shape index (κ3) is 3.53. The summed E-state index contributed by atoms with van der Waals surface area (Å²) in [6.45, 7) is 1.83. The third-order valence-corrected chi connectivity index (χ3v) is 4.17. The Morgan fingerprint density at radius 2 is 2.04 bits per heavy atom. The van der Waals surface area contributed by atoms with Crippen LogP contribution in [0.25, 0.3) is 0 Å². The number of amides is 1. The van der Waals surface area contributed by atoms with Gasteiger partial charge in [-0.05, 0) is 25.1 Å². The zero-order chi connectivity index (χ0) is 18.7. The fourth-order valence-electron chi connectivity index (χ4n) is 2.72. The normalized spacial score (nSPS) is 19.2. The van der Waals surface area contributed by atoms with Crippen LogP contribution >= 0.6 is 0 Å². The number of carbonyl (C=O) groups is 1. The lowest BCUT2D eigenvalue weighted by molar-refractivity contribution is -0.385. The Balaban J connectivity index is 1.90. The number of nitro groups is 1. The smallest absolute Gasteiger partial charge is 0.292 e. The second kappa shape index (κ2) is 6.91.